The highest BCUT2D eigenvalue weighted by molar-refractivity contribution is 7.07. The largest absolute Gasteiger partial charge is 0.341 e. The fourth-order valence-electron chi connectivity index (χ4n) is 1.88. The second kappa shape index (κ2) is 6.61. The summed E-state index contributed by atoms with van der Waals surface area (Å²) in [7, 11) is 1.66. The third-order valence-electron chi connectivity index (χ3n) is 3.04. The summed E-state index contributed by atoms with van der Waals surface area (Å²) in [6.45, 7) is 0.277. The van der Waals surface area contributed by atoms with Gasteiger partial charge in [0, 0.05) is 20.0 Å². The molecule has 0 spiro atoms. The third-order valence-corrected chi connectivity index (χ3v) is 3.77. The molecule has 20 heavy (non-hydrogen) atoms. The van der Waals surface area contributed by atoms with Crippen LogP contribution in [0.5, 0.6) is 0 Å². The molecule has 1 amide bonds. The lowest BCUT2D eigenvalue weighted by Crippen LogP contribution is -2.26. The number of carbonyl (C=O) groups is 1. The maximum Gasteiger partial charge on any atom is 0.222 e. The van der Waals surface area contributed by atoms with Gasteiger partial charge in [-0.05, 0) is 46.5 Å². The van der Waals surface area contributed by atoms with Crippen molar-refractivity contribution in [2.75, 3.05) is 7.05 Å². The smallest absolute Gasteiger partial charge is 0.222 e. The minimum Gasteiger partial charge on any atom is -0.341 e. The van der Waals surface area contributed by atoms with Crippen LogP contribution in [-0.4, -0.2) is 17.9 Å². The van der Waals surface area contributed by atoms with E-state index in [9.17, 15) is 13.6 Å². The van der Waals surface area contributed by atoms with Crippen LogP contribution in [0, 0.1) is 11.6 Å². The van der Waals surface area contributed by atoms with Gasteiger partial charge in [0.2, 0.25) is 5.91 Å². The van der Waals surface area contributed by atoms with Crippen molar-refractivity contribution in [1.82, 2.24) is 4.90 Å². The Balaban J connectivity index is 1.88. The van der Waals surface area contributed by atoms with Crippen molar-refractivity contribution < 1.29 is 13.6 Å². The lowest BCUT2D eigenvalue weighted by Gasteiger charge is -2.17. The molecule has 0 bridgehead atoms. The molecule has 0 saturated carbocycles. The summed E-state index contributed by atoms with van der Waals surface area (Å²) >= 11 is 1.60. The van der Waals surface area contributed by atoms with Crippen molar-refractivity contribution in [3.63, 3.8) is 0 Å². The fraction of sp³-hybridized carbons (Fsp3) is 0.267. The highest BCUT2D eigenvalue weighted by atomic mass is 32.1. The van der Waals surface area contributed by atoms with Gasteiger partial charge in [-0.25, -0.2) is 8.78 Å². The van der Waals surface area contributed by atoms with Crippen molar-refractivity contribution in [2.45, 2.75) is 19.4 Å². The van der Waals surface area contributed by atoms with Gasteiger partial charge in [-0.3, -0.25) is 4.79 Å². The minimum atomic E-state index is -0.887. The molecular weight excluding hydrogens is 280 g/mol. The quantitative estimate of drug-likeness (QED) is 0.825. The van der Waals surface area contributed by atoms with Gasteiger partial charge in [-0.15, -0.1) is 0 Å². The van der Waals surface area contributed by atoms with Gasteiger partial charge in [-0.2, -0.15) is 11.3 Å². The van der Waals surface area contributed by atoms with Crippen LogP contribution in [0.15, 0.2) is 35.0 Å². The Morgan fingerprint density at radius 1 is 1.20 bits per heavy atom. The number of nitrogens with zero attached hydrogens (tertiary/aromatic N) is 1. The summed E-state index contributed by atoms with van der Waals surface area (Å²) in [6.07, 6.45) is 1.11. The first-order chi connectivity index (χ1) is 9.56. The van der Waals surface area contributed by atoms with Crippen LogP contribution in [0.1, 0.15) is 17.5 Å². The molecule has 0 aliphatic heterocycles. The average Bonchev–Trinajstić information content (AvgIpc) is 2.93. The summed E-state index contributed by atoms with van der Waals surface area (Å²) in [5.41, 5.74) is 1.72. The molecule has 5 heteroatoms. The van der Waals surface area contributed by atoms with Crippen LogP contribution >= 0.6 is 11.3 Å². The van der Waals surface area contributed by atoms with Gasteiger partial charge in [0.1, 0.15) is 0 Å². The Kier molecular flexibility index (Phi) is 4.84. The highest BCUT2D eigenvalue weighted by Gasteiger charge is 2.11. The maximum absolute atomic E-state index is 13.1. The summed E-state index contributed by atoms with van der Waals surface area (Å²) in [5.74, 6) is -1.78. The molecular formula is C15H15F2NOS. The van der Waals surface area contributed by atoms with Crippen LogP contribution < -0.4 is 0 Å². The minimum absolute atomic E-state index is 0.0130. The molecule has 0 aliphatic carbocycles. The molecule has 2 aromatic rings. The number of thiophene rings is 1. The van der Waals surface area contributed by atoms with Crippen molar-refractivity contribution in [3.05, 3.63) is 57.8 Å². The van der Waals surface area contributed by atoms with Gasteiger partial charge in [0.15, 0.2) is 11.6 Å². The number of hydrogen-bond acceptors (Lipinski definition) is 2. The molecule has 0 saturated heterocycles. The van der Waals surface area contributed by atoms with Gasteiger partial charge in [0.25, 0.3) is 0 Å². The standard InChI is InChI=1S/C15H15F2NOS/c1-18(9-12-2-4-13(16)14(17)8-12)15(19)5-3-11-6-7-20-10-11/h2,4,6-8,10H,3,5,9H2,1H3. The molecule has 2 rings (SSSR count). The Morgan fingerprint density at radius 2 is 2.00 bits per heavy atom. The molecule has 106 valence electrons. The van der Waals surface area contributed by atoms with E-state index >= 15 is 0 Å². The molecule has 0 radical (unpaired) electrons. The first-order valence-corrected chi connectivity index (χ1v) is 7.19. The average molecular weight is 295 g/mol. The van der Waals surface area contributed by atoms with E-state index in [1.54, 1.807) is 18.4 Å². The second-order valence-corrected chi connectivity index (χ2v) is 5.41. The molecule has 0 N–H and O–H groups in total. The Hall–Kier alpha value is -1.75. The lowest BCUT2D eigenvalue weighted by atomic mass is 10.1. The van der Waals surface area contributed by atoms with E-state index in [0.717, 1.165) is 17.7 Å². The van der Waals surface area contributed by atoms with Crippen LogP contribution in [0.25, 0.3) is 0 Å². The molecule has 0 unspecified atom stereocenters. The first kappa shape index (κ1) is 14.7. The van der Waals surface area contributed by atoms with Crippen molar-refractivity contribution in [2.24, 2.45) is 0 Å². The number of benzene rings is 1. The summed E-state index contributed by atoms with van der Waals surface area (Å²) in [6, 6.07) is 5.68. The van der Waals surface area contributed by atoms with Crippen LogP contribution in [0.3, 0.4) is 0 Å². The zero-order chi connectivity index (χ0) is 14.5. The number of rotatable bonds is 5. The van der Waals surface area contributed by atoms with E-state index in [4.69, 9.17) is 0 Å². The molecule has 1 aromatic heterocycles. The molecule has 0 aliphatic rings. The number of hydrogen-bond donors (Lipinski definition) is 0. The molecule has 0 fully saturated rings. The lowest BCUT2D eigenvalue weighted by molar-refractivity contribution is -0.130. The maximum atomic E-state index is 13.1. The Bertz CT molecular complexity index is 584. The zero-order valence-electron chi connectivity index (χ0n) is 11.1. The van der Waals surface area contributed by atoms with Crippen molar-refractivity contribution >= 4 is 17.2 Å². The van der Waals surface area contributed by atoms with E-state index in [2.05, 4.69) is 0 Å². The van der Waals surface area contributed by atoms with Gasteiger partial charge >= 0.3 is 0 Å². The van der Waals surface area contributed by atoms with Crippen molar-refractivity contribution in [3.8, 4) is 0 Å². The fourth-order valence-corrected chi connectivity index (χ4v) is 2.58. The monoisotopic (exact) mass is 295 g/mol. The van der Waals surface area contributed by atoms with Gasteiger partial charge in [-0.1, -0.05) is 6.07 Å². The van der Waals surface area contributed by atoms with E-state index in [1.807, 2.05) is 16.8 Å². The predicted molar refractivity (Wildman–Crippen MR) is 75.5 cm³/mol. The second-order valence-electron chi connectivity index (χ2n) is 4.63. The molecule has 2 nitrogen and oxygen atoms in total. The zero-order valence-corrected chi connectivity index (χ0v) is 11.9. The van der Waals surface area contributed by atoms with Gasteiger partial charge < -0.3 is 4.90 Å². The number of amides is 1. The summed E-state index contributed by atoms with van der Waals surface area (Å²) < 4.78 is 25.9. The Morgan fingerprint density at radius 3 is 2.65 bits per heavy atom. The SMILES string of the molecule is CN(Cc1ccc(F)c(F)c1)C(=O)CCc1ccsc1. The van der Waals surface area contributed by atoms with Crippen LogP contribution in [-0.2, 0) is 17.8 Å². The van der Waals surface area contributed by atoms with E-state index in [0.29, 0.717) is 18.4 Å². The van der Waals surface area contributed by atoms with E-state index < -0.39 is 11.6 Å². The first-order valence-electron chi connectivity index (χ1n) is 6.25. The third kappa shape index (κ3) is 3.87. The van der Waals surface area contributed by atoms with Crippen LogP contribution in [0.2, 0.25) is 0 Å². The summed E-state index contributed by atoms with van der Waals surface area (Å²) in [5, 5.41) is 3.99. The molecule has 0 atom stereocenters. The normalized spacial score (nSPS) is 10.6. The van der Waals surface area contributed by atoms with Crippen molar-refractivity contribution in [1.29, 1.82) is 0 Å². The highest BCUT2D eigenvalue weighted by Crippen LogP contribution is 2.12. The van der Waals surface area contributed by atoms with Crippen LogP contribution in [0.4, 0.5) is 8.78 Å². The van der Waals surface area contributed by atoms with Gasteiger partial charge in [0.05, 0.1) is 0 Å². The molecule has 1 aromatic carbocycles. The Labute approximate surface area is 120 Å². The summed E-state index contributed by atoms with van der Waals surface area (Å²) in [4.78, 5) is 13.5. The van der Waals surface area contributed by atoms with E-state index in [1.165, 1.54) is 11.0 Å². The predicted octanol–water partition coefficient (Wildman–Crippen LogP) is 3.62. The number of halogens is 2. The number of aryl methyl sites for hydroxylation is 1. The number of carbonyl (C=O) groups excluding carboxylic acids is 1. The molecule has 1 heterocycles. The topological polar surface area (TPSA) is 20.3 Å². The van der Waals surface area contributed by atoms with E-state index in [-0.39, 0.29) is 12.5 Å².